The van der Waals surface area contributed by atoms with Crippen LogP contribution in [0.1, 0.15) is 72.9 Å². The lowest BCUT2D eigenvalue weighted by Crippen LogP contribution is -2.46. The molecule has 0 atom stereocenters. The molecular weight excluding hydrogens is 406 g/mol. The summed E-state index contributed by atoms with van der Waals surface area (Å²) in [5, 5.41) is 4.59. The van der Waals surface area contributed by atoms with Crippen LogP contribution >= 0.6 is 11.6 Å². The fourth-order valence-electron chi connectivity index (χ4n) is 4.55. The molecule has 3 heterocycles. The standard InChI is InChI=1S/C21H28ClN5O3/c1-29-11-8-21(20-25-18(26-30-20)14-4-2-3-5-14)6-9-27(10-7-21)19(28)15-12-16(22)17(23)24-13-15/h12-14H,2-11H2,1H3,(H2,23,24). The van der Waals surface area contributed by atoms with E-state index in [1.54, 1.807) is 13.2 Å². The molecule has 1 saturated carbocycles. The fourth-order valence-corrected chi connectivity index (χ4v) is 4.72. The summed E-state index contributed by atoms with van der Waals surface area (Å²) in [4.78, 5) is 23.5. The Hall–Kier alpha value is -2.19. The zero-order chi connectivity index (χ0) is 21.1. The molecule has 2 aromatic heterocycles. The number of methoxy groups -OCH3 is 1. The highest BCUT2D eigenvalue weighted by atomic mass is 35.5. The zero-order valence-corrected chi connectivity index (χ0v) is 18.0. The van der Waals surface area contributed by atoms with Gasteiger partial charge in [-0.3, -0.25) is 4.79 Å². The van der Waals surface area contributed by atoms with E-state index in [9.17, 15) is 4.79 Å². The first kappa shape index (κ1) is 21.1. The van der Waals surface area contributed by atoms with Gasteiger partial charge in [0.05, 0.1) is 16.0 Å². The summed E-state index contributed by atoms with van der Waals surface area (Å²) in [6.07, 6.45) is 8.45. The van der Waals surface area contributed by atoms with Gasteiger partial charge in [-0.05, 0) is 38.2 Å². The molecule has 4 rings (SSSR count). The van der Waals surface area contributed by atoms with Crippen LogP contribution in [0.5, 0.6) is 0 Å². The van der Waals surface area contributed by atoms with Gasteiger partial charge in [0, 0.05) is 38.9 Å². The molecule has 2 fully saturated rings. The van der Waals surface area contributed by atoms with Crippen LogP contribution < -0.4 is 5.73 Å². The molecule has 2 N–H and O–H groups in total. The van der Waals surface area contributed by atoms with E-state index in [2.05, 4.69) is 10.1 Å². The number of halogens is 1. The van der Waals surface area contributed by atoms with Gasteiger partial charge in [0.1, 0.15) is 5.82 Å². The Balaban J connectivity index is 1.49. The van der Waals surface area contributed by atoms with E-state index in [1.807, 2.05) is 4.90 Å². The van der Waals surface area contributed by atoms with Crippen molar-refractivity contribution >= 4 is 23.3 Å². The minimum absolute atomic E-state index is 0.0954. The summed E-state index contributed by atoms with van der Waals surface area (Å²) >= 11 is 6.04. The van der Waals surface area contributed by atoms with Crippen LogP contribution in [0.4, 0.5) is 5.82 Å². The van der Waals surface area contributed by atoms with Crippen molar-refractivity contribution in [3.8, 4) is 0 Å². The number of likely N-dealkylation sites (tertiary alicyclic amines) is 1. The Bertz CT molecular complexity index is 889. The first-order chi connectivity index (χ1) is 14.5. The monoisotopic (exact) mass is 433 g/mol. The molecule has 30 heavy (non-hydrogen) atoms. The highest BCUT2D eigenvalue weighted by Gasteiger charge is 2.42. The Morgan fingerprint density at radius 1 is 1.37 bits per heavy atom. The average molecular weight is 434 g/mol. The van der Waals surface area contributed by atoms with Crippen LogP contribution in [0, 0.1) is 0 Å². The van der Waals surface area contributed by atoms with Crippen LogP contribution in [-0.4, -0.2) is 52.7 Å². The number of piperidine rings is 1. The predicted molar refractivity (Wildman–Crippen MR) is 112 cm³/mol. The average Bonchev–Trinajstić information content (AvgIpc) is 3.46. The molecule has 8 nitrogen and oxygen atoms in total. The molecule has 0 spiro atoms. The summed E-state index contributed by atoms with van der Waals surface area (Å²) in [7, 11) is 1.70. The van der Waals surface area contributed by atoms with E-state index in [4.69, 9.17) is 31.6 Å². The first-order valence-corrected chi connectivity index (χ1v) is 10.9. The van der Waals surface area contributed by atoms with Crippen molar-refractivity contribution in [3.05, 3.63) is 34.6 Å². The third-order valence-electron chi connectivity index (χ3n) is 6.52. The molecule has 1 saturated heterocycles. The third-order valence-corrected chi connectivity index (χ3v) is 6.83. The molecule has 1 aliphatic carbocycles. The van der Waals surface area contributed by atoms with Gasteiger partial charge >= 0.3 is 0 Å². The Kier molecular flexibility index (Phi) is 6.24. The Labute approximate surface area is 181 Å². The number of nitrogens with two attached hydrogens (primary N) is 1. The molecule has 2 aliphatic rings. The second-order valence-corrected chi connectivity index (χ2v) is 8.75. The number of carbonyl (C=O) groups is 1. The van der Waals surface area contributed by atoms with Crippen molar-refractivity contribution < 1.29 is 14.1 Å². The van der Waals surface area contributed by atoms with Crippen molar-refractivity contribution in [3.63, 3.8) is 0 Å². The van der Waals surface area contributed by atoms with Crippen LogP contribution in [0.2, 0.25) is 5.02 Å². The van der Waals surface area contributed by atoms with Crippen LogP contribution in [-0.2, 0) is 10.2 Å². The predicted octanol–water partition coefficient (Wildman–Crippen LogP) is 3.57. The number of carbonyl (C=O) groups excluding carboxylic acids is 1. The van der Waals surface area contributed by atoms with Gasteiger partial charge in [-0.25, -0.2) is 4.98 Å². The number of amides is 1. The number of pyridine rings is 1. The number of aromatic nitrogens is 3. The van der Waals surface area contributed by atoms with Gasteiger partial charge in [0.15, 0.2) is 5.82 Å². The molecule has 2 aromatic rings. The second-order valence-electron chi connectivity index (χ2n) is 8.35. The van der Waals surface area contributed by atoms with Crippen molar-refractivity contribution in [1.29, 1.82) is 0 Å². The minimum atomic E-state index is -0.270. The largest absolute Gasteiger partial charge is 0.385 e. The summed E-state index contributed by atoms with van der Waals surface area (Å²) in [6, 6.07) is 1.57. The van der Waals surface area contributed by atoms with E-state index >= 15 is 0 Å². The van der Waals surface area contributed by atoms with E-state index in [-0.39, 0.29) is 22.2 Å². The van der Waals surface area contributed by atoms with Gasteiger partial charge in [0.25, 0.3) is 5.91 Å². The van der Waals surface area contributed by atoms with Gasteiger partial charge in [0.2, 0.25) is 5.89 Å². The van der Waals surface area contributed by atoms with E-state index in [1.165, 1.54) is 19.0 Å². The van der Waals surface area contributed by atoms with Gasteiger partial charge in [-0.1, -0.05) is 29.6 Å². The quantitative estimate of drug-likeness (QED) is 0.741. The number of ether oxygens (including phenoxy) is 1. The van der Waals surface area contributed by atoms with E-state index in [0.29, 0.717) is 37.1 Å². The van der Waals surface area contributed by atoms with Crippen LogP contribution in [0.25, 0.3) is 0 Å². The number of hydrogen-bond donors (Lipinski definition) is 1. The molecule has 0 radical (unpaired) electrons. The van der Waals surface area contributed by atoms with Gasteiger partial charge in [-0.2, -0.15) is 4.98 Å². The van der Waals surface area contributed by atoms with Gasteiger partial charge < -0.3 is 19.9 Å². The maximum Gasteiger partial charge on any atom is 0.255 e. The summed E-state index contributed by atoms with van der Waals surface area (Å²) < 4.78 is 11.1. The van der Waals surface area contributed by atoms with Crippen molar-refractivity contribution in [2.45, 2.75) is 56.3 Å². The van der Waals surface area contributed by atoms with Crippen molar-refractivity contribution in [2.24, 2.45) is 0 Å². The number of nitrogen functional groups attached to an aromatic ring is 1. The van der Waals surface area contributed by atoms with Crippen LogP contribution in [0.15, 0.2) is 16.8 Å². The maximum absolute atomic E-state index is 12.9. The molecule has 0 aromatic carbocycles. The minimum Gasteiger partial charge on any atom is -0.385 e. The normalized spacial score (nSPS) is 19.3. The number of hydrogen-bond acceptors (Lipinski definition) is 7. The highest BCUT2D eigenvalue weighted by Crippen LogP contribution is 2.40. The molecule has 0 bridgehead atoms. The summed E-state index contributed by atoms with van der Waals surface area (Å²) in [6.45, 7) is 1.78. The lowest BCUT2D eigenvalue weighted by atomic mass is 9.75. The third kappa shape index (κ3) is 4.16. The molecule has 1 amide bonds. The smallest absolute Gasteiger partial charge is 0.255 e. The SMILES string of the molecule is COCCC1(c2nc(C3CCCC3)no2)CCN(C(=O)c2cnc(N)c(Cl)c2)CC1. The summed E-state index contributed by atoms with van der Waals surface area (Å²) in [5.41, 5.74) is 5.83. The molecule has 162 valence electrons. The number of rotatable bonds is 6. The fraction of sp³-hybridized carbons (Fsp3) is 0.619. The molecule has 1 aliphatic heterocycles. The number of anilines is 1. The van der Waals surface area contributed by atoms with Gasteiger partial charge in [-0.15, -0.1) is 0 Å². The van der Waals surface area contributed by atoms with E-state index in [0.717, 1.165) is 37.9 Å². The van der Waals surface area contributed by atoms with E-state index < -0.39 is 0 Å². The van der Waals surface area contributed by atoms with Crippen molar-refractivity contribution in [1.82, 2.24) is 20.0 Å². The number of nitrogens with zero attached hydrogens (tertiary/aromatic N) is 4. The summed E-state index contributed by atoms with van der Waals surface area (Å²) in [5.74, 6) is 2.05. The maximum atomic E-state index is 12.9. The highest BCUT2D eigenvalue weighted by molar-refractivity contribution is 6.33. The van der Waals surface area contributed by atoms with Crippen LogP contribution in [0.3, 0.4) is 0 Å². The zero-order valence-electron chi connectivity index (χ0n) is 17.3. The van der Waals surface area contributed by atoms with Crippen molar-refractivity contribution in [2.75, 3.05) is 32.5 Å². The molecule has 0 unspecified atom stereocenters. The topological polar surface area (TPSA) is 107 Å². The molecule has 9 heteroatoms. The Morgan fingerprint density at radius 3 is 2.77 bits per heavy atom. The first-order valence-electron chi connectivity index (χ1n) is 10.6. The lowest BCUT2D eigenvalue weighted by molar-refractivity contribution is 0.0581. The second kappa shape index (κ2) is 8.89. The molecular formula is C21H28ClN5O3. The Morgan fingerprint density at radius 2 is 2.10 bits per heavy atom. The lowest BCUT2D eigenvalue weighted by Gasteiger charge is -2.39.